The van der Waals surface area contributed by atoms with E-state index in [9.17, 15) is 18.0 Å². The van der Waals surface area contributed by atoms with E-state index < -0.39 is 32.8 Å². The highest BCUT2D eigenvalue weighted by molar-refractivity contribution is 8.16. The van der Waals surface area contributed by atoms with Gasteiger partial charge in [0.05, 0.1) is 41.2 Å². The minimum Gasteiger partial charge on any atom is -0.493 e. The zero-order chi connectivity index (χ0) is 25.5. The second kappa shape index (κ2) is 9.32. The van der Waals surface area contributed by atoms with Gasteiger partial charge >= 0.3 is 5.97 Å². The molecule has 0 aliphatic carbocycles. The first-order valence-corrected chi connectivity index (χ1v) is 12.6. The quantitative estimate of drug-likeness (QED) is 0.261. The molecule has 1 aromatic heterocycles. The number of amides is 1. The first-order valence-electron chi connectivity index (χ1n) is 9.90. The summed E-state index contributed by atoms with van der Waals surface area (Å²) in [5.41, 5.74) is 0.120. The Kier molecular flexibility index (Phi) is 6.58. The Bertz CT molecular complexity index is 1440. The third kappa shape index (κ3) is 4.49. The molecular formula is C21H17ClN4O7S2. The highest BCUT2D eigenvalue weighted by Crippen LogP contribution is 2.38. The second-order valence-corrected chi connectivity index (χ2v) is 10.9. The summed E-state index contributed by atoms with van der Waals surface area (Å²) in [6.07, 6.45) is 2.62. The Morgan fingerprint density at radius 1 is 1.34 bits per heavy atom. The lowest BCUT2D eigenvalue weighted by molar-refractivity contribution is -0.114. The maximum atomic E-state index is 12.7. The maximum Gasteiger partial charge on any atom is 0.379 e. The van der Waals surface area contributed by atoms with Crippen LogP contribution in [-0.2, 0) is 14.6 Å². The number of ether oxygens (including phenoxy) is 2. The first-order chi connectivity index (χ1) is 16.5. The molecule has 0 radical (unpaired) electrons. The molecule has 1 aromatic carbocycles. The van der Waals surface area contributed by atoms with Gasteiger partial charge < -0.3 is 13.9 Å². The molecule has 182 valence electrons. The molecule has 0 atom stereocenters. The number of hydrogen-bond acceptors (Lipinski definition) is 10. The third-order valence-corrected chi connectivity index (χ3v) is 7.97. The monoisotopic (exact) mass is 536 g/mol. The fraction of sp³-hybridized carbons (Fsp3) is 0.190. The summed E-state index contributed by atoms with van der Waals surface area (Å²) in [5, 5.41) is 7.33. The number of methoxy groups -OCH3 is 1. The molecule has 2 aromatic rings. The summed E-state index contributed by atoms with van der Waals surface area (Å²) in [6.45, 7) is 2.98. The molecule has 3 heterocycles. The number of sulfone groups is 1. The maximum absolute atomic E-state index is 12.7. The van der Waals surface area contributed by atoms with Gasteiger partial charge in [0.1, 0.15) is 5.84 Å². The lowest BCUT2D eigenvalue weighted by Crippen LogP contribution is -2.46. The van der Waals surface area contributed by atoms with Crippen LogP contribution in [-0.4, -0.2) is 53.7 Å². The average Bonchev–Trinajstić information content (AvgIpc) is 3.48. The number of aliphatic imine (C=N–C) groups is 1. The zero-order valence-corrected chi connectivity index (χ0v) is 20.8. The van der Waals surface area contributed by atoms with Gasteiger partial charge in [0.2, 0.25) is 25.9 Å². The fourth-order valence-electron chi connectivity index (χ4n) is 3.02. The molecule has 2 aliphatic rings. The normalized spacial score (nSPS) is 16.9. The number of nitrogens with zero attached hydrogens (tertiary/aromatic N) is 3. The summed E-state index contributed by atoms with van der Waals surface area (Å²) < 4.78 is 44.9. The third-order valence-electron chi connectivity index (χ3n) is 4.85. The summed E-state index contributed by atoms with van der Waals surface area (Å²) in [5.74, 6) is -1.99. The van der Waals surface area contributed by atoms with E-state index >= 15 is 0 Å². The van der Waals surface area contributed by atoms with Gasteiger partial charge in [0.25, 0.3) is 5.91 Å². The number of amidine groups is 3. The van der Waals surface area contributed by atoms with Gasteiger partial charge in [0.15, 0.2) is 11.5 Å². The molecule has 1 N–H and O–H groups in total. The molecule has 0 saturated heterocycles. The van der Waals surface area contributed by atoms with Crippen LogP contribution in [0, 0.1) is 5.41 Å². The van der Waals surface area contributed by atoms with Crippen molar-refractivity contribution >= 4 is 67.5 Å². The predicted molar refractivity (Wildman–Crippen MR) is 131 cm³/mol. The Balaban J connectivity index is 1.69. The van der Waals surface area contributed by atoms with Gasteiger partial charge in [-0.05, 0) is 49.8 Å². The number of fused-ring (bicyclic) bond motifs is 1. The van der Waals surface area contributed by atoms with Crippen LogP contribution in [0.4, 0.5) is 0 Å². The summed E-state index contributed by atoms with van der Waals surface area (Å²) >= 11 is 7.03. The second-order valence-electron chi connectivity index (χ2n) is 7.40. The number of esters is 1. The van der Waals surface area contributed by atoms with Crippen LogP contribution in [0.3, 0.4) is 0 Å². The summed E-state index contributed by atoms with van der Waals surface area (Å²) in [4.78, 5) is 29.8. The SMILES string of the molecule is COc1cc(/C=C2/C(=N)N3C(=NC2=O)SN=C3S(=O)(=O)C(C)C)cc(Cl)c1OC(=O)c1ccco1. The number of carbonyl (C=O) groups excluding carboxylic acids is 2. The number of benzene rings is 1. The van der Waals surface area contributed by atoms with Crippen LogP contribution in [0.2, 0.25) is 5.02 Å². The van der Waals surface area contributed by atoms with Gasteiger partial charge in [-0.25, -0.2) is 18.1 Å². The average molecular weight is 537 g/mol. The van der Waals surface area contributed by atoms with E-state index in [2.05, 4.69) is 9.39 Å². The molecule has 0 spiro atoms. The molecule has 1 amide bonds. The molecule has 0 unspecified atom stereocenters. The molecule has 35 heavy (non-hydrogen) atoms. The van der Waals surface area contributed by atoms with Crippen molar-refractivity contribution in [2.75, 3.05) is 7.11 Å². The molecule has 11 nitrogen and oxygen atoms in total. The van der Waals surface area contributed by atoms with Crippen molar-refractivity contribution in [1.29, 1.82) is 5.41 Å². The molecule has 0 bridgehead atoms. The van der Waals surface area contributed by atoms with E-state index in [1.165, 1.54) is 57.6 Å². The van der Waals surface area contributed by atoms with E-state index in [0.29, 0.717) is 17.5 Å². The van der Waals surface area contributed by atoms with Gasteiger partial charge in [-0.1, -0.05) is 11.6 Å². The minimum absolute atomic E-state index is 0.0172. The molecule has 2 aliphatic heterocycles. The van der Waals surface area contributed by atoms with E-state index in [1.54, 1.807) is 0 Å². The largest absolute Gasteiger partial charge is 0.493 e. The van der Waals surface area contributed by atoms with Crippen molar-refractivity contribution in [2.45, 2.75) is 19.1 Å². The van der Waals surface area contributed by atoms with Gasteiger partial charge in [0, 0.05) is 0 Å². The Morgan fingerprint density at radius 2 is 2.09 bits per heavy atom. The zero-order valence-electron chi connectivity index (χ0n) is 18.4. The van der Waals surface area contributed by atoms with Crippen molar-refractivity contribution in [3.05, 3.63) is 52.4 Å². The number of carbonyl (C=O) groups is 2. The van der Waals surface area contributed by atoms with Crippen molar-refractivity contribution in [3.63, 3.8) is 0 Å². The van der Waals surface area contributed by atoms with Gasteiger partial charge in [-0.3, -0.25) is 10.2 Å². The first kappa shape index (κ1) is 24.7. The van der Waals surface area contributed by atoms with E-state index in [1.807, 2.05) is 0 Å². The number of rotatable bonds is 5. The van der Waals surface area contributed by atoms with Crippen LogP contribution in [0.5, 0.6) is 11.5 Å². The molecule has 0 fully saturated rings. The highest BCUT2D eigenvalue weighted by Gasteiger charge is 2.43. The lowest BCUT2D eigenvalue weighted by atomic mass is 10.1. The van der Waals surface area contributed by atoms with E-state index in [4.69, 9.17) is 30.9 Å². The van der Waals surface area contributed by atoms with Crippen LogP contribution in [0.15, 0.2) is 49.9 Å². The van der Waals surface area contributed by atoms with Crippen LogP contribution in [0.1, 0.15) is 30.0 Å². The summed E-state index contributed by atoms with van der Waals surface area (Å²) in [7, 11) is -2.52. The van der Waals surface area contributed by atoms with Crippen LogP contribution in [0.25, 0.3) is 6.08 Å². The fourth-order valence-corrected chi connectivity index (χ4v) is 5.34. The van der Waals surface area contributed by atoms with Gasteiger partial charge in [-0.15, -0.1) is 0 Å². The van der Waals surface area contributed by atoms with Crippen molar-refractivity contribution in [3.8, 4) is 11.5 Å². The Hall–Kier alpha value is -3.42. The summed E-state index contributed by atoms with van der Waals surface area (Å²) in [6, 6.07) is 5.77. The van der Waals surface area contributed by atoms with Crippen molar-refractivity contribution in [1.82, 2.24) is 4.90 Å². The Labute approximate surface area is 209 Å². The van der Waals surface area contributed by atoms with Crippen LogP contribution >= 0.6 is 23.5 Å². The highest BCUT2D eigenvalue weighted by atomic mass is 35.5. The van der Waals surface area contributed by atoms with Crippen molar-refractivity contribution in [2.24, 2.45) is 9.39 Å². The smallest absolute Gasteiger partial charge is 0.379 e. The lowest BCUT2D eigenvalue weighted by Gasteiger charge is -2.25. The topological polar surface area (TPSA) is 152 Å². The molecular weight excluding hydrogens is 520 g/mol. The molecule has 14 heteroatoms. The standard InChI is InChI=1S/C21H17ClN4O7S2/c1-10(2)35(29,30)21-25-34-20-24-18(27)12(17(23)26(20)21)7-11-8-13(22)16(15(9-11)31-3)33-19(28)14-5-4-6-32-14/h4-10,23H,1-3H3/b12-7-,23-17?. The van der Waals surface area contributed by atoms with Crippen molar-refractivity contribution < 1.29 is 31.9 Å². The van der Waals surface area contributed by atoms with E-state index in [-0.39, 0.29) is 38.2 Å². The van der Waals surface area contributed by atoms with E-state index in [0.717, 1.165) is 4.90 Å². The Morgan fingerprint density at radius 3 is 2.71 bits per heavy atom. The number of halogens is 1. The minimum atomic E-state index is -3.85. The molecule has 0 saturated carbocycles. The number of furan rings is 1. The predicted octanol–water partition coefficient (Wildman–Crippen LogP) is 3.56. The number of hydrogen-bond donors (Lipinski definition) is 1. The molecule has 4 rings (SSSR count). The van der Waals surface area contributed by atoms with Gasteiger partial charge in [-0.2, -0.15) is 9.39 Å². The van der Waals surface area contributed by atoms with Crippen LogP contribution < -0.4 is 9.47 Å². The number of nitrogens with one attached hydrogen (secondary N) is 1.